The Morgan fingerprint density at radius 2 is 2.00 bits per heavy atom. The minimum absolute atomic E-state index is 0.242. The second-order valence-electron chi connectivity index (χ2n) is 4.73. The van der Waals surface area contributed by atoms with E-state index in [-0.39, 0.29) is 5.91 Å². The Bertz CT molecular complexity index is 493. The van der Waals surface area contributed by atoms with Crippen molar-refractivity contribution in [1.29, 1.82) is 0 Å². The van der Waals surface area contributed by atoms with Gasteiger partial charge in [0.05, 0.1) is 13.2 Å². The van der Waals surface area contributed by atoms with Crippen LogP contribution >= 0.6 is 0 Å². The molecule has 0 unspecified atom stereocenters. The van der Waals surface area contributed by atoms with Crippen molar-refractivity contribution in [1.82, 2.24) is 14.7 Å². The summed E-state index contributed by atoms with van der Waals surface area (Å²) in [5.41, 5.74) is -0.664. The number of hydrogen-bond acceptors (Lipinski definition) is 3. The smallest absolute Gasteiger partial charge is 0.378 e. The van der Waals surface area contributed by atoms with Crippen molar-refractivity contribution in [2.75, 3.05) is 26.3 Å². The molecule has 5 nitrogen and oxygen atoms in total. The van der Waals surface area contributed by atoms with E-state index in [0.29, 0.717) is 32.0 Å². The maximum Gasteiger partial charge on any atom is 0.435 e. The molecular weight excluding hydrogens is 275 g/mol. The third-order valence-electron chi connectivity index (χ3n) is 3.26. The first-order valence-corrected chi connectivity index (χ1v) is 6.30. The van der Waals surface area contributed by atoms with Crippen LogP contribution in [0.1, 0.15) is 24.4 Å². The Balaban J connectivity index is 2.18. The Hall–Kier alpha value is -1.57. The van der Waals surface area contributed by atoms with Gasteiger partial charge in [-0.25, -0.2) is 0 Å². The summed E-state index contributed by atoms with van der Waals surface area (Å²) in [5.74, 6) is -0.242. The molecule has 112 valence electrons. The van der Waals surface area contributed by atoms with Crippen molar-refractivity contribution in [2.24, 2.45) is 0 Å². The van der Waals surface area contributed by atoms with E-state index >= 15 is 0 Å². The molecule has 1 aromatic rings. The fraction of sp³-hybridized carbons (Fsp3) is 0.667. The van der Waals surface area contributed by atoms with Crippen molar-refractivity contribution in [2.45, 2.75) is 26.1 Å². The fourth-order valence-electron chi connectivity index (χ4n) is 2.17. The third-order valence-corrected chi connectivity index (χ3v) is 3.26. The highest BCUT2D eigenvalue weighted by Crippen LogP contribution is 2.29. The van der Waals surface area contributed by atoms with Gasteiger partial charge >= 0.3 is 6.18 Å². The van der Waals surface area contributed by atoms with Gasteiger partial charge in [0.1, 0.15) is 6.04 Å². The number of ether oxygens (including phenoxy) is 1. The van der Waals surface area contributed by atoms with Crippen molar-refractivity contribution < 1.29 is 22.7 Å². The molecule has 8 heteroatoms. The van der Waals surface area contributed by atoms with Crippen LogP contribution in [0.4, 0.5) is 13.2 Å². The lowest BCUT2D eigenvalue weighted by atomic mass is 10.2. The molecule has 0 saturated carbocycles. The summed E-state index contributed by atoms with van der Waals surface area (Å²) in [5, 5.41) is 3.51. The molecular formula is C12H16F3N3O2. The van der Waals surface area contributed by atoms with E-state index in [1.165, 1.54) is 6.92 Å². The van der Waals surface area contributed by atoms with Crippen LogP contribution in [0.15, 0.2) is 6.07 Å². The van der Waals surface area contributed by atoms with E-state index in [2.05, 4.69) is 5.10 Å². The first-order valence-electron chi connectivity index (χ1n) is 6.30. The van der Waals surface area contributed by atoms with Gasteiger partial charge in [-0.05, 0) is 19.9 Å². The molecule has 0 spiro atoms. The number of aryl methyl sites for hydroxylation is 1. The molecule has 1 amide bonds. The van der Waals surface area contributed by atoms with Crippen LogP contribution in [0.5, 0.6) is 0 Å². The molecule has 1 fully saturated rings. The first-order chi connectivity index (χ1) is 9.30. The summed E-state index contributed by atoms with van der Waals surface area (Å²) in [7, 11) is 0. The molecule has 2 heterocycles. The predicted octanol–water partition coefficient (Wildman–Crippen LogP) is 1.63. The van der Waals surface area contributed by atoms with Crippen LogP contribution in [0, 0.1) is 6.92 Å². The largest absolute Gasteiger partial charge is 0.435 e. The van der Waals surface area contributed by atoms with Gasteiger partial charge in [-0.3, -0.25) is 9.48 Å². The number of rotatable bonds is 2. The molecule has 0 radical (unpaired) electrons. The van der Waals surface area contributed by atoms with Gasteiger partial charge < -0.3 is 9.64 Å². The van der Waals surface area contributed by atoms with Gasteiger partial charge in [0.2, 0.25) is 5.91 Å². The van der Waals surface area contributed by atoms with Gasteiger partial charge in [-0.15, -0.1) is 0 Å². The summed E-state index contributed by atoms with van der Waals surface area (Å²) in [6, 6.07) is 0.188. The van der Waals surface area contributed by atoms with Crippen molar-refractivity contribution in [3.63, 3.8) is 0 Å². The number of alkyl halides is 3. The maximum absolute atomic E-state index is 12.6. The normalized spacial score (nSPS) is 18.1. The molecule has 0 N–H and O–H groups in total. The molecule has 1 aliphatic heterocycles. The monoisotopic (exact) mass is 291 g/mol. The number of carbonyl (C=O) groups is 1. The highest BCUT2D eigenvalue weighted by molar-refractivity contribution is 5.80. The van der Waals surface area contributed by atoms with Crippen LogP contribution in [0.2, 0.25) is 0 Å². The number of aromatic nitrogens is 2. The molecule has 1 aromatic heterocycles. The van der Waals surface area contributed by atoms with Crippen LogP contribution in [0.25, 0.3) is 0 Å². The molecule has 0 bridgehead atoms. The summed E-state index contributed by atoms with van der Waals surface area (Å²) >= 11 is 0. The van der Waals surface area contributed by atoms with E-state index < -0.39 is 17.9 Å². The van der Waals surface area contributed by atoms with Crippen LogP contribution in [-0.2, 0) is 15.7 Å². The van der Waals surface area contributed by atoms with E-state index in [4.69, 9.17) is 4.74 Å². The number of hydrogen-bond donors (Lipinski definition) is 0. The number of morpholine rings is 1. The Morgan fingerprint density at radius 1 is 1.40 bits per heavy atom. The standard InChI is InChI=1S/C12H16F3N3O2/c1-8-7-10(12(13,14)15)16-18(8)9(2)11(19)17-3-5-20-6-4-17/h7,9H,3-6H2,1-2H3/t9-/m0/s1. The molecule has 1 aliphatic rings. The van der Waals surface area contributed by atoms with Gasteiger partial charge in [-0.1, -0.05) is 0 Å². The molecule has 1 atom stereocenters. The minimum Gasteiger partial charge on any atom is -0.378 e. The zero-order valence-corrected chi connectivity index (χ0v) is 11.3. The summed E-state index contributed by atoms with van der Waals surface area (Å²) in [6.45, 7) is 4.86. The van der Waals surface area contributed by atoms with Gasteiger partial charge in [0, 0.05) is 18.8 Å². The second kappa shape index (κ2) is 5.43. The SMILES string of the molecule is Cc1cc(C(F)(F)F)nn1[C@@H](C)C(=O)N1CCOCC1. The van der Waals surface area contributed by atoms with Crippen molar-refractivity contribution in [3.8, 4) is 0 Å². The first kappa shape index (κ1) is 14.8. The molecule has 2 rings (SSSR count). The van der Waals surface area contributed by atoms with E-state index in [0.717, 1.165) is 10.7 Å². The lowest BCUT2D eigenvalue weighted by Crippen LogP contribution is -2.44. The fourth-order valence-corrected chi connectivity index (χ4v) is 2.17. The number of carbonyl (C=O) groups excluding carboxylic acids is 1. The molecule has 1 saturated heterocycles. The summed E-state index contributed by atoms with van der Waals surface area (Å²) < 4.78 is 44.1. The third kappa shape index (κ3) is 2.95. The Kier molecular flexibility index (Phi) is 4.03. The number of nitrogens with zero attached hydrogens (tertiary/aromatic N) is 3. The van der Waals surface area contributed by atoms with Crippen molar-refractivity contribution in [3.05, 3.63) is 17.5 Å². The van der Waals surface area contributed by atoms with Crippen LogP contribution in [0.3, 0.4) is 0 Å². The van der Waals surface area contributed by atoms with E-state index in [9.17, 15) is 18.0 Å². The molecule has 0 aromatic carbocycles. The van der Waals surface area contributed by atoms with E-state index in [1.54, 1.807) is 11.8 Å². The second-order valence-corrected chi connectivity index (χ2v) is 4.73. The zero-order valence-electron chi connectivity index (χ0n) is 11.3. The quantitative estimate of drug-likeness (QED) is 0.832. The lowest BCUT2D eigenvalue weighted by molar-refractivity contribution is -0.143. The van der Waals surface area contributed by atoms with Crippen LogP contribution in [-0.4, -0.2) is 46.9 Å². The number of halogens is 3. The lowest BCUT2D eigenvalue weighted by Gasteiger charge is -2.29. The highest BCUT2D eigenvalue weighted by atomic mass is 19.4. The Labute approximate surface area is 114 Å². The topological polar surface area (TPSA) is 47.4 Å². The zero-order chi connectivity index (χ0) is 14.9. The average molecular weight is 291 g/mol. The van der Waals surface area contributed by atoms with Crippen LogP contribution < -0.4 is 0 Å². The van der Waals surface area contributed by atoms with E-state index in [1.807, 2.05) is 0 Å². The molecule has 0 aliphatic carbocycles. The molecule has 20 heavy (non-hydrogen) atoms. The Morgan fingerprint density at radius 3 is 2.50 bits per heavy atom. The average Bonchev–Trinajstić information content (AvgIpc) is 2.80. The minimum atomic E-state index is -4.50. The van der Waals surface area contributed by atoms with Gasteiger partial charge in [0.25, 0.3) is 0 Å². The van der Waals surface area contributed by atoms with Crippen molar-refractivity contribution >= 4 is 5.91 Å². The number of amides is 1. The predicted molar refractivity (Wildman–Crippen MR) is 64.1 cm³/mol. The summed E-state index contributed by atoms with van der Waals surface area (Å²) in [6.07, 6.45) is -4.50. The van der Waals surface area contributed by atoms with Gasteiger partial charge in [0.15, 0.2) is 5.69 Å². The summed E-state index contributed by atoms with van der Waals surface area (Å²) in [4.78, 5) is 13.8. The highest BCUT2D eigenvalue weighted by Gasteiger charge is 2.36. The maximum atomic E-state index is 12.6. The van der Waals surface area contributed by atoms with Gasteiger partial charge in [-0.2, -0.15) is 18.3 Å².